The Morgan fingerprint density at radius 2 is 1.90 bits per heavy atom. The number of nitrogens with one attached hydrogen (secondary N) is 4. The van der Waals surface area contributed by atoms with Crippen molar-refractivity contribution in [1.29, 1.82) is 0 Å². The molecule has 0 saturated carbocycles. The number of carboxylic acid groups (broad SMARTS) is 1. The van der Waals surface area contributed by atoms with Gasteiger partial charge in [0.25, 0.3) is 5.91 Å². The first kappa shape index (κ1) is 30.1. The lowest BCUT2D eigenvalue weighted by Crippen LogP contribution is -2.52. The highest BCUT2D eigenvalue weighted by Crippen LogP contribution is 2.35. The van der Waals surface area contributed by atoms with Crippen molar-refractivity contribution in [3.05, 3.63) is 59.7 Å². The number of alkyl halides is 3. The first-order valence-corrected chi connectivity index (χ1v) is 14.5. The molecule has 1 fully saturated rings. The number of carboxylic acids is 1. The molecule has 2 aromatic carbocycles. The van der Waals surface area contributed by atoms with Crippen LogP contribution in [0.5, 0.6) is 0 Å². The Morgan fingerprint density at radius 3 is 2.56 bits per heavy atom. The summed E-state index contributed by atoms with van der Waals surface area (Å²) in [5.74, 6) is -2.12. The van der Waals surface area contributed by atoms with Gasteiger partial charge in [-0.1, -0.05) is 18.2 Å². The second kappa shape index (κ2) is 12.8. The minimum atomic E-state index is -4.88. The van der Waals surface area contributed by atoms with Crippen LogP contribution in [0.2, 0.25) is 0 Å². The largest absolute Gasteiger partial charge is 0.480 e. The SMILES string of the molecule is O=C(NC[C@H](NS(=O)(=O)c1ccccc1)C(=O)O)c1ccc(N2CCC[C@H](NC3=NCCCN3)C2)cc1C(F)(F)F. The van der Waals surface area contributed by atoms with E-state index >= 15 is 0 Å². The van der Waals surface area contributed by atoms with Gasteiger partial charge >= 0.3 is 12.1 Å². The summed E-state index contributed by atoms with van der Waals surface area (Å²) in [7, 11) is -4.26. The smallest absolute Gasteiger partial charge is 0.417 e. The number of guanidine groups is 1. The van der Waals surface area contributed by atoms with Gasteiger partial charge in [0.2, 0.25) is 10.0 Å². The molecule has 1 saturated heterocycles. The quantitative estimate of drug-likeness (QED) is 0.294. The lowest BCUT2D eigenvalue weighted by molar-refractivity contribution is -0.139. The van der Waals surface area contributed by atoms with Crippen molar-refractivity contribution < 1.29 is 36.3 Å². The fraction of sp³-hybridized carbons (Fsp3) is 0.423. The van der Waals surface area contributed by atoms with Crippen LogP contribution in [0.25, 0.3) is 0 Å². The summed E-state index contributed by atoms with van der Waals surface area (Å²) in [6.07, 6.45) is -2.38. The highest BCUT2D eigenvalue weighted by Gasteiger charge is 2.37. The Balaban J connectivity index is 1.47. The fourth-order valence-corrected chi connectivity index (χ4v) is 5.85. The number of anilines is 1. The number of carbonyl (C=O) groups is 2. The molecule has 5 N–H and O–H groups in total. The van der Waals surface area contributed by atoms with Gasteiger partial charge in [0.1, 0.15) is 6.04 Å². The zero-order valence-electron chi connectivity index (χ0n) is 21.9. The number of hydrogen-bond acceptors (Lipinski definition) is 8. The molecule has 15 heteroatoms. The van der Waals surface area contributed by atoms with E-state index in [1.807, 2.05) is 4.72 Å². The normalized spacial score (nSPS) is 18.6. The van der Waals surface area contributed by atoms with Crippen LogP contribution in [0.1, 0.15) is 35.2 Å². The van der Waals surface area contributed by atoms with Gasteiger partial charge in [0.15, 0.2) is 5.96 Å². The molecule has 0 spiro atoms. The number of aliphatic carboxylic acids is 1. The van der Waals surface area contributed by atoms with E-state index in [4.69, 9.17) is 0 Å². The number of nitrogens with zero attached hydrogens (tertiary/aromatic N) is 2. The molecule has 2 atom stereocenters. The van der Waals surface area contributed by atoms with Crippen LogP contribution >= 0.6 is 0 Å². The van der Waals surface area contributed by atoms with E-state index in [1.54, 1.807) is 11.0 Å². The Hall–Kier alpha value is -3.85. The van der Waals surface area contributed by atoms with Gasteiger partial charge < -0.3 is 26.0 Å². The summed E-state index contributed by atoms with van der Waals surface area (Å²) in [6, 6.07) is 8.46. The van der Waals surface area contributed by atoms with E-state index in [2.05, 4.69) is 20.9 Å². The molecule has 41 heavy (non-hydrogen) atoms. The molecule has 0 unspecified atom stereocenters. The summed E-state index contributed by atoms with van der Waals surface area (Å²) >= 11 is 0. The molecular weight excluding hydrogens is 565 g/mol. The zero-order chi connectivity index (χ0) is 29.6. The lowest BCUT2D eigenvalue weighted by Gasteiger charge is -2.36. The van der Waals surface area contributed by atoms with Crippen molar-refractivity contribution >= 4 is 33.5 Å². The number of carbonyl (C=O) groups excluding carboxylic acids is 1. The summed E-state index contributed by atoms with van der Waals surface area (Å²) in [5.41, 5.74) is -1.60. The number of sulfonamides is 1. The molecule has 2 aliphatic heterocycles. The molecule has 222 valence electrons. The van der Waals surface area contributed by atoms with Gasteiger partial charge in [-0.2, -0.15) is 17.9 Å². The number of piperidine rings is 1. The van der Waals surface area contributed by atoms with Gasteiger partial charge in [-0.15, -0.1) is 0 Å². The average molecular weight is 597 g/mol. The summed E-state index contributed by atoms with van der Waals surface area (Å²) in [6.45, 7) is 1.69. The third kappa shape index (κ3) is 7.88. The highest BCUT2D eigenvalue weighted by molar-refractivity contribution is 7.89. The fourth-order valence-electron chi connectivity index (χ4n) is 4.64. The predicted octanol–water partition coefficient (Wildman–Crippen LogP) is 1.77. The number of aliphatic imine (C=N–C) groups is 1. The third-order valence-corrected chi connectivity index (χ3v) is 8.18. The van der Waals surface area contributed by atoms with Crippen molar-refractivity contribution in [2.24, 2.45) is 4.99 Å². The molecule has 2 aliphatic rings. The van der Waals surface area contributed by atoms with Crippen LogP contribution in [0.4, 0.5) is 18.9 Å². The highest BCUT2D eigenvalue weighted by atomic mass is 32.2. The lowest BCUT2D eigenvalue weighted by atomic mass is 10.0. The first-order chi connectivity index (χ1) is 19.4. The average Bonchev–Trinajstić information content (AvgIpc) is 2.95. The molecule has 4 rings (SSSR count). The standard InChI is InChI=1S/C26H31F3N6O5S/c27-26(28,29)21-14-18(35-13-4-6-17(16-35)33-25-30-11-5-12-31-25)9-10-20(21)23(36)32-15-22(24(37)38)34-41(39,40)19-7-2-1-3-8-19/h1-3,7-10,14,17,22,34H,4-6,11-13,15-16H2,(H,32,36)(H,37,38)(H2,30,31,33)/t17-,22-/m0/s1. The molecule has 1 amide bonds. The maximum atomic E-state index is 14.1. The Labute approximate surface area is 235 Å². The number of hydrogen-bond donors (Lipinski definition) is 5. The van der Waals surface area contributed by atoms with Gasteiger partial charge in [-0.05, 0) is 49.6 Å². The van der Waals surface area contributed by atoms with E-state index in [0.717, 1.165) is 37.9 Å². The van der Waals surface area contributed by atoms with Crippen molar-refractivity contribution in [3.8, 4) is 0 Å². The van der Waals surface area contributed by atoms with Crippen LogP contribution in [-0.2, 0) is 21.0 Å². The van der Waals surface area contributed by atoms with Gasteiger partial charge in [0, 0.05) is 44.5 Å². The minimum absolute atomic E-state index is 0.0296. The van der Waals surface area contributed by atoms with E-state index in [9.17, 15) is 36.3 Å². The molecule has 0 radical (unpaired) electrons. The third-order valence-electron chi connectivity index (χ3n) is 6.69. The van der Waals surface area contributed by atoms with Crippen molar-refractivity contribution in [2.45, 2.75) is 42.4 Å². The topological polar surface area (TPSA) is 152 Å². The maximum absolute atomic E-state index is 14.1. The molecule has 0 aliphatic carbocycles. The second-order valence-corrected chi connectivity index (χ2v) is 11.4. The van der Waals surface area contributed by atoms with Gasteiger partial charge in [-0.25, -0.2) is 8.42 Å². The molecular formula is C26H31F3N6O5S. The predicted molar refractivity (Wildman–Crippen MR) is 145 cm³/mol. The minimum Gasteiger partial charge on any atom is -0.480 e. The van der Waals surface area contributed by atoms with E-state index < -0.39 is 51.8 Å². The van der Waals surface area contributed by atoms with Crippen molar-refractivity contribution in [1.82, 2.24) is 20.7 Å². The van der Waals surface area contributed by atoms with E-state index in [1.165, 1.54) is 30.3 Å². The summed E-state index contributed by atoms with van der Waals surface area (Å²) in [4.78, 5) is 30.5. The van der Waals surface area contributed by atoms with E-state index in [-0.39, 0.29) is 16.6 Å². The summed E-state index contributed by atoms with van der Waals surface area (Å²) < 4.78 is 69.2. The number of halogens is 3. The monoisotopic (exact) mass is 596 g/mol. The van der Waals surface area contributed by atoms with Crippen molar-refractivity contribution in [3.63, 3.8) is 0 Å². The first-order valence-electron chi connectivity index (χ1n) is 13.0. The van der Waals surface area contributed by atoms with Crippen LogP contribution in [0, 0.1) is 0 Å². The molecule has 11 nitrogen and oxygen atoms in total. The number of benzene rings is 2. The van der Waals surface area contributed by atoms with Crippen LogP contribution < -0.4 is 25.6 Å². The van der Waals surface area contributed by atoms with Crippen LogP contribution in [-0.4, -0.2) is 76.2 Å². The van der Waals surface area contributed by atoms with Crippen molar-refractivity contribution in [2.75, 3.05) is 37.6 Å². The van der Waals surface area contributed by atoms with E-state index in [0.29, 0.717) is 25.6 Å². The summed E-state index contributed by atoms with van der Waals surface area (Å²) in [5, 5.41) is 18.1. The zero-order valence-corrected chi connectivity index (χ0v) is 22.8. The van der Waals surface area contributed by atoms with Crippen LogP contribution in [0.15, 0.2) is 58.4 Å². The molecule has 2 aromatic rings. The Morgan fingerprint density at radius 1 is 1.15 bits per heavy atom. The maximum Gasteiger partial charge on any atom is 0.417 e. The molecule has 0 bridgehead atoms. The Kier molecular flexibility index (Phi) is 9.38. The second-order valence-electron chi connectivity index (χ2n) is 9.70. The Bertz CT molecular complexity index is 1390. The molecule has 2 heterocycles. The van der Waals surface area contributed by atoms with Gasteiger partial charge in [-0.3, -0.25) is 14.6 Å². The number of amides is 1. The van der Waals surface area contributed by atoms with Crippen LogP contribution in [0.3, 0.4) is 0 Å². The van der Waals surface area contributed by atoms with Gasteiger partial charge in [0.05, 0.1) is 16.0 Å². The molecule has 0 aromatic heterocycles. The number of rotatable bonds is 9.